The van der Waals surface area contributed by atoms with Crippen molar-refractivity contribution >= 4 is 5.95 Å². The van der Waals surface area contributed by atoms with Crippen LogP contribution < -0.4 is 14.8 Å². The van der Waals surface area contributed by atoms with Crippen molar-refractivity contribution in [3.63, 3.8) is 0 Å². The number of anilines is 1. The maximum Gasteiger partial charge on any atom is 0.324 e. The first-order valence-electron chi connectivity index (χ1n) is 7.96. The molecule has 1 saturated carbocycles. The van der Waals surface area contributed by atoms with Crippen LogP contribution >= 0.6 is 0 Å². The minimum atomic E-state index is 0.0214. The number of hydrogen-bond acceptors (Lipinski definition) is 6. The summed E-state index contributed by atoms with van der Waals surface area (Å²) in [4.78, 5) is 12.7. The van der Waals surface area contributed by atoms with Crippen LogP contribution in [0, 0.1) is 5.92 Å². The van der Waals surface area contributed by atoms with Crippen molar-refractivity contribution in [1.82, 2.24) is 15.0 Å². The molecule has 0 bridgehead atoms. The molecule has 0 aliphatic heterocycles. The first-order valence-corrected chi connectivity index (χ1v) is 7.96. The molecule has 0 atom stereocenters. The Kier molecular flexibility index (Phi) is 6.02. The topological polar surface area (TPSA) is 69.2 Å². The highest BCUT2D eigenvalue weighted by atomic mass is 16.5. The molecule has 0 radical (unpaired) electrons. The summed E-state index contributed by atoms with van der Waals surface area (Å²) in [6.07, 6.45) is 6.44. The average molecular weight is 294 g/mol. The fourth-order valence-corrected chi connectivity index (χ4v) is 2.45. The standard InChI is InChI=1S/C15H26N4O2/c1-4-16-13-17-14(19-15(18-13)21-11(2)3)20-10-12-8-6-5-7-9-12/h11-12H,4-10H2,1-3H3,(H,16,17,18,19). The Hall–Kier alpha value is -1.59. The summed E-state index contributed by atoms with van der Waals surface area (Å²) < 4.78 is 11.3. The minimum absolute atomic E-state index is 0.0214. The zero-order valence-electron chi connectivity index (χ0n) is 13.3. The van der Waals surface area contributed by atoms with Gasteiger partial charge in [-0.15, -0.1) is 4.98 Å². The van der Waals surface area contributed by atoms with E-state index < -0.39 is 0 Å². The number of hydrogen-bond donors (Lipinski definition) is 1. The average Bonchev–Trinajstić information content (AvgIpc) is 2.46. The predicted octanol–water partition coefficient (Wildman–Crippen LogP) is 3.05. The number of ether oxygens (including phenoxy) is 2. The lowest BCUT2D eigenvalue weighted by Crippen LogP contribution is -2.17. The molecule has 0 unspecified atom stereocenters. The molecule has 1 aliphatic carbocycles. The van der Waals surface area contributed by atoms with Crippen molar-refractivity contribution in [1.29, 1.82) is 0 Å². The van der Waals surface area contributed by atoms with Crippen molar-refractivity contribution in [2.24, 2.45) is 5.92 Å². The van der Waals surface area contributed by atoms with Gasteiger partial charge in [0.25, 0.3) is 0 Å². The Morgan fingerprint density at radius 2 is 1.81 bits per heavy atom. The number of nitrogens with one attached hydrogen (secondary N) is 1. The third kappa shape index (κ3) is 5.36. The van der Waals surface area contributed by atoms with Gasteiger partial charge in [-0.25, -0.2) is 0 Å². The monoisotopic (exact) mass is 294 g/mol. The molecular weight excluding hydrogens is 268 g/mol. The lowest BCUT2D eigenvalue weighted by Gasteiger charge is -2.21. The highest BCUT2D eigenvalue weighted by Gasteiger charge is 2.16. The predicted molar refractivity (Wildman–Crippen MR) is 81.8 cm³/mol. The molecule has 0 amide bonds. The first-order chi connectivity index (χ1) is 10.2. The van der Waals surface area contributed by atoms with E-state index in [4.69, 9.17) is 9.47 Å². The summed E-state index contributed by atoms with van der Waals surface area (Å²) in [6, 6.07) is 0.664. The maximum atomic E-state index is 5.77. The van der Waals surface area contributed by atoms with Gasteiger partial charge in [-0.3, -0.25) is 0 Å². The summed E-state index contributed by atoms with van der Waals surface area (Å²) in [7, 11) is 0. The highest BCUT2D eigenvalue weighted by molar-refractivity contribution is 5.27. The van der Waals surface area contributed by atoms with Gasteiger partial charge < -0.3 is 14.8 Å². The van der Waals surface area contributed by atoms with Crippen LogP contribution in [0.1, 0.15) is 52.9 Å². The van der Waals surface area contributed by atoms with Crippen molar-refractivity contribution in [2.75, 3.05) is 18.5 Å². The van der Waals surface area contributed by atoms with Crippen LogP contribution in [0.15, 0.2) is 0 Å². The first kappa shape index (κ1) is 15.8. The van der Waals surface area contributed by atoms with E-state index >= 15 is 0 Å². The molecule has 2 rings (SSSR count). The van der Waals surface area contributed by atoms with Gasteiger partial charge >= 0.3 is 12.0 Å². The van der Waals surface area contributed by atoms with E-state index in [1.165, 1.54) is 32.1 Å². The molecule has 6 heteroatoms. The van der Waals surface area contributed by atoms with Gasteiger partial charge in [0.1, 0.15) is 0 Å². The fraction of sp³-hybridized carbons (Fsp3) is 0.800. The Morgan fingerprint density at radius 3 is 2.48 bits per heavy atom. The molecule has 1 heterocycles. The van der Waals surface area contributed by atoms with Crippen molar-refractivity contribution in [3.8, 4) is 12.0 Å². The van der Waals surface area contributed by atoms with E-state index in [1.54, 1.807) is 0 Å². The summed E-state index contributed by atoms with van der Waals surface area (Å²) in [5, 5.41) is 3.08. The van der Waals surface area contributed by atoms with Gasteiger partial charge in [-0.2, -0.15) is 9.97 Å². The summed E-state index contributed by atoms with van der Waals surface area (Å²) in [5.74, 6) is 1.12. The molecule has 118 valence electrons. The van der Waals surface area contributed by atoms with Crippen LogP contribution in [0.4, 0.5) is 5.95 Å². The van der Waals surface area contributed by atoms with E-state index in [9.17, 15) is 0 Å². The van der Waals surface area contributed by atoms with E-state index in [2.05, 4.69) is 20.3 Å². The minimum Gasteiger partial charge on any atom is -0.463 e. The van der Waals surface area contributed by atoms with E-state index in [-0.39, 0.29) is 6.10 Å². The number of nitrogens with zero attached hydrogens (tertiary/aromatic N) is 3. The van der Waals surface area contributed by atoms with Gasteiger partial charge in [-0.05, 0) is 39.5 Å². The molecule has 0 spiro atoms. The van der Waals surface area contributed by atoms with E-state index in [0.29, 0.717) is 30.5 Å². The summed E-state index contributed by atoms with van der Waals surface area (Å²) in [5.41, 5.74) is 0. The van der Waals surface area contributed by atoms with Crippen LogP contribution in [0.3, 0.4) is 0 Å². The quantitative estimate of drug-likeness (QED) is 0.833. The van der Waals surface area contributed by atoms with Crippen molar-refractivity contribution in [2.45, 2.75) is 59.0 Å². The normalized spacial score (nSPS) is 16.0. The third-order valence-corrected chi connectivity index (χ3v) is 3.44. The third-order valence-electron chi connectivity index (χ3n) is 3.44. The number of rotatable bonds is 7. The SMILES string of the molecule is CCNc1nc(OCC2CCCCC2)nc(OC(C)C)n1. The molecule has 1 fully saturated rings. The van der Waals surface area contributed by atoms with Crippen molar-refractivity contribution in [3.05, 3.63) is 0 Å². The lowest BCUT2D eigenvalue weighted by molar-refractivity contribution is 0.185. The van der Waals surface area contributed by atoms with Gasteiger partial charge in [0, 0.05) is 6.54 Å². The fourth-order valence-electron chi connectivity index (χ4n) is 2.45. The van der Waals surface area contributed by atoms with Gasteiger partial charge in [-0.1, -0.05) is 19.3 Å². The second kappa shape index (κ2) is 8.00. The zero-order chi connectivity index (χ0) is 15.1. The molecular formula is C15H26N4O2. The number of aromatic nitrogens is 3. The molecule has 0 saturated heterocycles. The Labute approximate surface area is 126 Å². The lowest BCUT2D eigenvalue weighted by atomic mass is 9.90. The second-order valence-electron chi connectivity index (χ2n) is 5.74. The second-order valence-corrected chi connectivity index (χ2v) is 5.74. The molecule has 21 heavy (non-hydrogen) atoms. The Bertz CT molecular complexity index is 434. The van der Waals surface area contributed by atoms with Crippen molar-refractivity contribution < 1.29 is 9.47 Å². The van der Waals surface area contributed by atoms with Crippen LogP contribution in [0.5, 0.6) is 12.0 Å². The summed E-state index contributed by atoms with van der Waals surface area (Å²) in [6.45, 7) is 7.30. The maximum absolute atomic E-state index is 5.77. The molecule has 1 aliphatic rings. The van der Waals surface area contributed by atoms with Crippen LogP contribution in [0.25, 0.3) is 0 Å². The van der Waals surface area contributed by atoms with E-state index in [0.717, 1.165) is 6.54 Å². The summed E-state index contributed by atoms with van der Waals surface area (Å²) >= 11 is 0. The van der Waals surface area contributed by atoms with Gasteiger partial charge in [0.2, 0.25) is 5.95 Å². The molecule has 6 nitrogen and oxygen atoms in total. The molecule has 1 N–H and O–H groups in total. The van der Waals surface area contributed by atoms with Crippen LogP contribution in [-0.2, 0) is 0 Å². The molecule has 1 aromatic rings. The molecule has 1 aromatic heterocycles. The largest absolute Gasteiger partial charge is 0.463 e. The van der Waals surface area contributed by atoms with Gasteiger partial charge in [0.15, 0.2) is 0 Å². The zero-order valence-corrected chi connectivity index (χ0v) is 13.3. The Balaban J connectivity index is 2.00. The van der Waals surface area contributed by atoms with Gasteiger partial charge in [0.05, 0.1) is 12.7 Å². The van der Waals surface area contributed by atoms with Crippen LogP contribution in [0.2, 0.25) is 0 Å². The smallest absolute Gasteiger partial charge is 0.324 e. The highest BCUT2D eigenvalue weighted by Crippen LogP contribution is 2.24. The Morgan fingerprint density at radius 1 is 1.10 bits per heavy atom. The van der Waals surface area contributed by atoms with Crippen LogP contribution in [-0.4, -0.2) is 34.2 Å². The van der Waals surface area contributed by atoms with E-state index in [1.807, 2.05) is 20.8 Å². The molecule has 0 aromatic carbocycles.